The standard InChI is InChI=1S/C19H27N3O3/c1-2-3-7-25-18-12(5-4-6-20-18)10-21-19(24)22-11-14-8-13-9-15(14)16(22)17(13)23/h4-6,13-17,23H,2-3,7-11H2,1H3,(H,21,24)/t13-,14-,15+,16+,17+/m0/s1. The summed E-state index contributed by atoms with van der Waals surface area (Å²) in [6, 6.07) is 3.72. The van der Waals surface area contributed by atoms with Crippen LogP contribution in [0.1, 0.15) is 38.2 Å². The maximum Gasteiger partial charge on any atom is 0.318 e. The fourth-order valence-electron chi connectivity index (χ4n) is 4.92. The van der Waals surface area contributed by atoms with Crippen molar-refractivity contribution in [2.24, 2.45) is 17.8 Å². The van der Waals surface area contributed by atoms with Crippen LogP contribution >= 0.6 is 0 Å². The van der Waals surface area contributed by atoms with E-state index in [1.165, 1.54) is 0 Å². The molecule has 5 atom stereocenters. The van der Waals surface area contributed by atoms with E-state index in [9.17, 15) is 9.90 Å². The average Bonchev–Trinajstić information content (AvgIpc) is 3.23. The molecule has 0 radical (unpaired) electrons. The summed E-state index contributed by atoms with van der Waals surface area (Å²) >= 11 is 0. The van der Waals surface area contributed by atoms with Gasteiger partial charge >= 0.3 is 6.03 Å². The van der Waals surface area contributed by atoms with Crippen molar-refractivity contribution in [1.82, 2.24) is 15.2 Å². The van der Waals surface area contributed by atoms with Crippen LogP contribution < -0.4 is 10.1 Å². The van der Waals surface area contributed by atoms with E-state index in [0.29, 0.717) is 36.8 Å². The molecular weight excluding hydrogens is 318 g/mol. The molecule has 136 valence electrons. The number of aliphatic hydroxyl groups excluding tert-OH is 1. The normalized spacial score (nSPS) is 32.2. The third-order valence-corrected chi connectivity index (χ3v) is 6.13. The maximum atomic E-state index is 12.7. The first kappa shape index (κ1) is 16.6. The summed E-state index contributed by atoms with van der Waals surface area (Å²) in [6.45, 7) is 3.93. The SMILES string of the molecule is CCCCOc1ncccc1CNC(=O)N1C[C@@H]2C[C@H]3C[C@H]2[C@@H]1[C@@H]3O. The molecule has 0 unspecified atom stereocenters. The quantitative estimate of drug-likeness (QED) is 0.775. The molecule has 1 aromatic heterocycles. The van der Waals surface area contributed by atoms with Crippen molar-refractivity contribution < 1.29 is 14.6 Å². The Kier molecular flexibility index (Phi) is 4.54. The predicted molar refractivity (Wildman–Crippen MR) is 93.1 cm³/mol. The Morgan fingerprint density at radius 3 is 3.12 bits per heavy atom. The Hall–Kier alpha value is -1.82. The number of aliphatic hydroxyl groups is 1. The average molecular weight is 345 g/mol. The van der Waals surface area contributed by atoms with Gasteiger partial charge in [-0.05, 0) is 43.1 Å². The molecule has 1 aromatic rings. The molecule has 2 saturated carbocycles. The summed E-state index contributed by atoms with van der Waals surface area (Å²) in [5.74, 6) is 2.07. The molecule has 1 saturated heterocycles. The van der Waals surface area contributed by atoms with Crippen LogP contribution in [0.3, 0.4) is 0 Å². The van der Waals surface area contributed by atoms with Gasteiger partial charge < -0.3 is 20.1 Å². The zero-order chi connectivity index (χ0) is 17.4. The van der Waals surface area contributed by atoms with E-state index in [0.717, 1.165) is 37.8 Å². The van der Waals surface area contributed by atoms with E-state index in [-0.39, 0.29) is 18.2 Å². The van der Waals surface area contributed by atoms with Crippen LogP contribution in [-0.4, -0.2) is 46.3 Å². The van der Waals surface area contributed by atoms with Gasteiger partial charge in [0.15, 0.2) is 0 Å². The second kappa shape index (κ2) is 6.83. The van der Waals surface area contributed by atoms with E-state index in [2.05, 4.69) is 17.2 Å². The molecule has 1 aliphatic heterocycles. The van der Waals surface area contributed by atoms with Crippen LogP contribution in [0, 0.1) is 17.8 Å². The van der Waals surface area contributed by atoms with Crippen molar-refractivity contribution in [2.75, 3.05) is 13.2 Å². The maximum absolute atomic E-state index is 12.7. The number of amides is 2. The number of aromatic nitrogens is 1. The molecule has 4 rings (SSSR count). The smallest absolute Gasteiger partial charge is 0.318 e. The number of urea groups is 1. The number of ether oxygens (including phenoxy) is 1. The summed E-state index contributed by atoms with van der Waals surface area (Å²) in [4.78, 5) is 18.8. The zero-order valence-corrected chi connectivity index (χ0v) is 14.7. The van der Waals surface area contributed by atoms with Gasteiger partial charge in [0.05, 0.1) is 18.8 Å². The van der Waals surface area contributed by atoms with Crippen LogP contribution in [0.25, 0.3) is 0 Å². The lowest BCUT2D eigenvalue weighted by Crippen LogP contribution is -2.47. The molecule has 2 N–H and O–H groups in total. The summed E-state index contributed by atoms with van der Waals surface area (Å²) < 4.78 is 5.73. The fourth-order valence-corrected chi connectivity index (χ4v) is 4.92. The van der Waals surface area contributed by atoms with Crippen molar-refractivity contribution in [3.63, 3.8) is 0 Å². The number of carbonyl (C=O) groups is 1. The number of likely N-dealkylation sites (tertiary alicyclic amines) is 1. The van der Waals surface area contributed by atoms with Crippen LogP contribution in [-0.2, 0) is 6.54 Å². The minimum absolute atomic E-state index is 0.0120. The lowest BCUT2D eigenvalue weighted by molar-refractivity contribution is 0.0608. The Balaban J connectivity index is 1.37. The number of rotatable bonds is 6. The number of fused-ring (bicyclic) bond motifs is 1. The summed E-state index contributed by atoms with van der Waals surface area (Å²) in [5, 5.41) is 13.4. The number of nitrogens with one attached hydrogen (secondary N) is 1. The van der Waals surface area contributed by atoms with E-state index in [4.69, 9.17) is 4.74 Å². The minimum atomic E-state index is -0.346. The van der Waals surface area contributed by atoms with Crippen LogP contribution in [0.5, 0.6) is 5.88 Å². The molecule has 25 heavy (non-hydrogen) atoms. The van der Waals surface area contributed by atoms with Gasteiger partial charge in [-0.15, -0.1) is 0 Å². The molecule has 6 nitrogen and oxygen atoms in total. The highest BCUT2D eigenvalue weighted by Crippen LogP contribution is 2.54. The highest BCUT2D eigenvalue weighted by atomic mass is 16.5. The van der Waals surface area contributed by atoms with Gasteiger partial charge in [0.2, 0.25) is 5.88 Å². The van der Waals surface area contributed by atoms with E-state index >= 15 is 0 Å². The molecule has 2 heterocycles. The first-order valence-corrected chi connectivity index (χ1v) is 9.48. The van der Waals surface area contributed by atoms with Crippen molar-refractivity contribution in [3.05, 3.63) is 23.9 Å². The first-order valence-electron chi connectivity index (χ1n) is 9.48. The zero-order valence-electron chi connectivity index (χ0n) is 14.7. The van der Waals surface area contributed by atoms with Gasteiger partial charge in [-0.3, -0.25) is 0 Å². The molecule has 0 spiro atoms. The monoisotopic (exact) mass is 345 g/mol. The minimum Gasteiger partial charge on any atom is -0.477 e. The second-order valence-corrected chi connectivity index (χ2v) is 7.62. The van der Waals surface area contributed by atoms with Crippen LogP contribution in [0.15, 0.2) is 18.3 Å². The van der Waals surface area contributed by atoms with Crippen LogP contribution in [0.2, 0.25) is 0 Å². The molecule has 3 fully saturated rings. The number of pyridine rings is 1. The fraction of sp³-hybridized carbons (Fsp3) is 0.684. The third-order valence-electron chi connectivity index (χ3n) is 6.13. The van der Waals surface area contributed by atoms with E-state index < -0.39 is 0 Å². The van der Waals surface area contributed by atoms with Crippen molar-refractivity contribution >= 4 is 6.03 Å². The number of hydrogen-bond donors (Lipinski definition) is 2. The summed E-state index contributed by atoms with van der Waals surface area (Å²) in [6.07, 6.45) is 5.57. The number of unbranched alkanes of at least 4 members (excludes halogenated alkanes) is 1. The summed E-state index contributed by atoms with van der Waals surface area (Å²) in [7, 11) is 0. The molecule has 2 bridgehead atoms. The molecule has 2 aliphatic carbocycles. The van der Waals surface area contributed by atoms with E-state index in [1.54, 1.807) is 6.20 Å². The molecular formula is C19H27N3O3. The van der Waals surface area contributed by atoms with E-state index in [1.807, 2.05) is 17.0 Å². The number of carbonyl (C=O) groups excluding carboxylic acids is 1. The van der Waals surface area contributed by atoms with Gasteiger partial charge in [-0.25, -0.2) is 9.78 Å². The first-order chi connectivity index (χ1) is 12.2. The highest BCUT2D eigenvalue weighted by molar-refractivity contribution is 5.75. The Morgan fingerprint density at radius 2 is 2.32 bits per heavy atom. The topological polar surface area (TPSA) is 74.7 Å². The molecule has 0 aromatic carbocycles. The second-order valence-electron chi connectivity index (χ2n) is 7.62. The summed E-state index contributed by atoms with van der Waals surface area (Å²) in [5.41, 5.74) is 0.888. The van der Waals surface area contributed by atoms with Crippen molar-refractivity contribution in [2.45, 2.75) is 51.3 Å². The lowest BCUT2D eigenvalue weighted by atomic mass is 9.88. The number of nitrogens with zero attached hydrogens (tertiary/aromatic N) is 2. The molecule has 6 heteroatoms. The van der Waals surface area contributed by atoms with Gasteiger partial charge in [-0.1, -0.05) is 19.4 Å². The largest absolute Gasteiger partial charge is 0.477 e. The number of hydrogen-bond acceptors (Lipinski definition) is 4. The van der Waals surface area contributed by atoms with Gasteiger partial charge in [0.1, 0.15) is 0 Å². The molecule has 2 amide bonds. The lowest BCUT2D eigenvalue weighted by Gasteiger charge is -2.29. The molecule has 3 aliphatic rings. The Morgan fingerprint density at radius 1 is 1.44 bits per heavy atom. The third kappa shape index (κ3) is 2.97. The van der Waals surface area contributed by atoms with Gasteiger partial charge in [0, 0.05) is 24.8 Å². The van der Waals surface area contributed by atoms with Gasteiger partial charge in [0.25, 0.3) is 0 Å². The highest BCUT2D eigenvalue weighted by Gasteiger charge is 2.59. The van der Waals surface area contributed by atoms with Crippen molar-refractivity contribution in [3.8, 4) is 5.88 Å². The Bertz CT molecular complexity index is 636. The van der Waals surface area contributed by atoms with Gasteiger partial charge in [-0.2, -0.15) is 0 Å². The predicted octanol–water partition coefficient (Wildman–Crippen LogP) is 2.17. The van der Waals surface area contributed by atoms with Crippen LogP contribution in [0.4, 0.5) is 4.79 Å². The Labute approximate surface area is 148 Å². The van der Waals surface area contributed by atoms with Crippen molar-refractivity contribution in [1.29, 1.82) is 0 Å².